The van der Waals surface area contributed by atoms with Gasteiger partial charge in [-0.25, -0.2) is 4.79 Å². The minimum Gasteiger partial charge on any atom is -0.452 e. The Morgan fingerprint density at radius 3 is 2.52 bits per heavy atom. The van der Waals surface area contributed by atoms with Crippen LogP contribution in [0, 0.1) is 0 Å². The van der Waals surface area contributed by atoms with Gasteiger partial charge in [-0.15, -0.1) is 0 Å². The first kappa shape index (κ1) is 22.4. The van der Waals surface area contributed by atoms with Gasteiger partial charge in [-0.2, -0.15) is 22.0 Å². The maximum Gasteiger partial charge on any atom is 0.416 e. The van der Waals surface area contributed by atoms with Gasteiger partial charge in [0.25, 0.3) is 11.7 Å². The predicted octanol–water partition coefficient (Wildman–Crippen LogP) is 5.22. The van der Waals surface area contributed by atoms with Crippen LogP contribution in [0.4, 0.5) is 27.6 Å². The second kappa shape index (κ2) is 10.1. The Balaban J connectivity index is 1.90. The van der Waals surface area contributed by atoms with Crippen molar-refractivity contribution in [3.63, 3.8) is 0 Å². The summed E-state index contributed by atoms with van der Waals surface area (Å²) in [7, 11) is 0. The van der Waals surface area contributed by atoms with E-state index in [2.05, 4.69) is 5.32 Å². The third-order valence-electron chi connectivity index (χ3n) is 3.35. The van der Waals surface area contributed by atoms with Gasteiger partial charge >= 0.3 is 12.1 Å². The van der Waals surface area contributed by atoms with Gasteiger partial charge in [-0.05, 0) is 35.9 Å². The van der Waals surface area contributed by atoms with Crippen molar-refractivity contribution in [2.75, 3.05) is 11.9 Å². The standard InChI is InChI=1S/C19H14F5NO3S/c20-18(21)29-15-7-2-1-6-14(15)25-16(26)11-28-17(27)9-8-12-4-3-5-13(10-12)19(22,23)24/h1-10,18H,11H2,(H,25,26)/b9-8+. The summed E-state index contributed by atoms with van der Waals surface area (Å²) in [5.74, 6) is -4.38. The molecule has 1 N–H and O–H groups in total. The Hall–Kier alpha value is -2.88. The molecule has 0 heterocycles. The van der Waals surface area contributed by atoms with Crippen LogP contribution in [0.15, 0.2) is 59.5 Å². The zero-order chi connectivity index (χ0) is 21.4. The minimum atomic E-state index is -4.51. The van der Waals surface area contributed by atoms with Crippen molar-refractivity contribution in [2.24, 2.45) is 0 Å². The number of thioether (sulfide) groups is 1. The highest BCUT2D eigenvalue weighted by molar-refractivity contribution is 7.99. The molecule has 0 radical (unpaired) electrons. The number of esters is 1. The van der Waals surface area contributed by atoms with E-state index >= 15 is 0 Å². The minimum absolute atomic E-state index is 0.124. The highest BCUT2D eigenvalue weighted by atomic mass is 32.2. The molecule has 4 nitrogen and oxygen atoms in total. The summed E-state index contributed by atoms with van der Waals surface area (Å²) in [4.78, 5) is 23.6. The lowest BCUT2D eigenvalue weighted by molar-refractivity contribution is -0.142. The fraction of sp³-hybridized carbons (Fsp3) is 0.158. The zero-order valence-corrected chi connectivity index (χ0v) is 15.4. The second-order valence-corrected chi connectivity index (χ2v) is 6.52. The van der Waals surface area contributed by atoms with Gasteiger partial charge in [-0.3, -0.25) is 4.79 Å². The highest BCUT2D eigenvalue weighted by Gasteiger charge is 2.30. The molecule has 0 bridgehead atoms. The molecule has 0 aliphatic heterocycles. The Bertz CT molecular complexity index is 899. The van der Waals surface area contributed by atoms with Crippen molar-refractivity contribution in [2.45, 2.75) is 16.8 Å². The number of hydrogen-bond donors (Lipinski definition) is 1. The molecule has 2 rings (SSSR count). The van der Waals surface area contributed by atoms with Gasteiger partial charge in [0.05, 0.1) is 11.3 Å². The first-order valence-corrected chi connectivity index (χ1v) is 8.89. The number of rotatable bonds is 7. The van der Waals surface area contributed by atoms with E-state index in [-0.39, 0.29) is 27.9 Å². The molecule has 0 aliphatic rings. The van der Waals surface area contributed by atoms with Gasteiger partial charge in [0.15, 0.2) is 6.61 Å². The number of alkyl halides is 5. The maximum absolute atomic E-state index is 12.7. The number of carbonyl (C=O) groups is 2. The predicted molar refractivity (Wildman–Crippen MR) is 98.4 cm³/mol. The Morgan fingerprint density at radius 1 is 1.10 bits per heavy atom. The number of ether oxygens (including phenoxy) is 1. The van der Waals surface area contributed by atoms with E-state index < -0.39 is 36.0 Å². The van der Waals surface area contributed by atoms with Crippen molar-refractivity contribution in [1.82, 2.24) is 0 Å². The molecule has 0 fully saturated rings. The third kappa shape index (κ3) is 7.57. The number of nitrogens with one attached hydrogen (secondary N) is 1. The summed E-state index contributed by atoms with van der Waals surface area (Å²) in [6.07, 6.45) is -2.52. The third-order valence-corrected chi connectivity index (χ3v) is 4.14. The van der Waals surface area contributed by atoms with Crippen LogP contribution in [0.3, 0.4) is 0 Å². The molecule has 10 heteroatoms. The SMILES string of the molecule is O=C(COC(=O)/C=C/c1cccc(C(F)(F)F)c1)Nc1ccccc1SC(F)F. The van der Waals surface area contributed by atoms with Crippen LogP contribution in [0.5, 0.6) is 0 Å². The molecular weight excluding hydrogens is 417 g/mol. The molecular formula is C19H14F5NO3S. The van der Waals surface area contributed by atoms with Gasteiger partial charge in [0, 0.05) is 11.0 Å². The van der Waals surface area contributed by atoms with Crippen molar-refractivity contribution in [3.05, 3.63) is 65.7 Å². The number of carbonyl (C=O) groups excluding carboxylic acids is 2. The normalized spacial score (nSPS) is 11.7. The average molecular weight is 431 g/mol. The maximum atomic E-state index is 12.7. The van der Waals surface area contributed by atoms with E-state index in [4.69, 9.17) is 4.74 Å². The molecule has 2 aromatic rings. The molecule has 0 saturated carbocycles. The summed E-state index contributed by atoms with van der Waals surface area (Å²) in [6.45, 7) is -0.695. The number of hydrogen-bond acceptors (Lipinski definition) is 4. The zero-order valence-electron chi connectivity index (χ0n) is 14.6. The van der Waals surface area contributed by atoms with Crippen molar-refractivity contribution in [1.29, 1.82) is 0 Å². The Kier molecular flexibility index (Phi) is 7.77. The summed E-state index contributed by atoms with van der Waals surface area (Å²) in [5, 5.41) is 2.35. The molecule has 0 saturated heterocycles. The molecule has 0 spiro atoms. The van der Waals surface area contributed by atoms with Crippen LogP contribution in [0.25, 0.3) is 6.08 Å². The lowest BCUT2D eigenvalue weighted by Crippen LogP contribution is -2.20. The topological polar surface area (TPSA) is 55.4 Å². The average Bonchev–Trinajstić information content (AvgIpc) is 2.65. The van der Waals surface area contributed by atoms with E-state index in [0.717, 1.165) is 24.3 Å². The van der Waals surface area contributed by atoms with Gasteiger partial charge < -0.3 is 10.1 Å². The molecule has 0 aromatic heterocycles. The van der Waals surface area contributed by atoms with Crippen LogP contribution in [0.1, 0.15) is 11.1 Å². The van der Waals surface area contributed by atoms with E-state index in [0.29, 0.717) is 0 Å². The van der Waals surface area contributed by atoms with E-state index in [1.165, 1.54) is 36.4 Å². The second-order valence-electron chi connectivity index (χ2n) is 5.49. The summed E-state index contributed by atoms with van der Waals surface area (Å²) < 4.78 is 67.7. The quantitative estimate of drug-likeness (QED) is 0.283. The lowest BCUT2D eigenvalue weighted by Gasteiger charge is -2.10. The lowest BCUT2D eigenvalue weighted by atomic mass is 10.1. The first-order valence-electron chi connectivity index (χ1n) is 8.01. The number of halogens is 5. The molecule has 29 heavy (non-hydrogen) atoms. The van der Waals surface area contributed by atoms with Crippen LogP contribution in [-0.2, 0) is 20.5 Å². The number of anilines is 1. The van der Waals surface area contributed by atoms with Crippen LogP contribution in [0.2, 0.25) is 0 Å². The van der Waals surface area contributed by atoms with E-state index in [9.17, 15) is 31.5 Å². The molecule has 0 unspecified atom stereocenters. The highest BCUT2D eigenvalue weighted by Crippen LogP contribution is 2.31. The summed E-state index contributed by atoms with van der Waals surface area (Å²) in [5.41, 5.74) is -0.606. The van der Waals surface area contributed by atoms with Crippen LogP contribution < -0.4 is 5.32 Å². The van der Waals surface area contributed by atoms with Gasteiger partial charge in [0.2, 0.25) is 0 Å². The van der Waals surface area contributed by atoms with Gasteiger partial charge in [-0.1, -0.05) is 36.0 Å². The molecule has 2 aromatic carbocycles. The van der Waals surface area contributed by atoms with Crippen molar-refractivity contribution < 1.29 is 36.3 Å². The summed E-state index contributed by atoms with van der Waals surface area (Å²) >= 11 is 0.253. The van der Waals surface area contributed by atoms with Gasteiger partial charge in [0.1, 0.15) is 0 Å². The molecule has 1 amide bonds. The monoisotopic (exact) mass is 431 g/mol. The number of para-hydroxylation sites is 1. The molecule has 154 valence electrons. The Morgan fingerprint density at radius 2 is 1.83 bits per heavy atom. The van der Waals surface area contributed by atoms with Crippen LogP contribution >= 0.6 is 11.8 Å². The van der Waals surface area contributed by atoms with Crippen LogP contribution in [-0.4, -0.2) is 24.2 Å². The fourth-order valence-electron chi connectivity index (χ4n) is 2.12. The summed E-state index contributed by atoms with van der Waals surface area (Å²) in [6, 6.07) is 10.2. The number of amides is 1. The number of benzene rings is 2. The molecule has 0 aliphatic carbocycles. The van der Waals surface area contributed by atoms with Crippen molar-refractivity contribution in [3.8, 4) is 0 Å². The molecule has 0 atom stereocenters. The smallest absolute Gasteiger partial charge is 0.416 e. The van der Waals surface area contributed by atoms with E-state index in [1.54, 1.807) is 0 Å². The largest absolute Gasteiger partial charge is 0.452 e. The first-order chi connectivity index (χ1) is 13.6. The Labute approximate surface area is 166 Å². The van der Waals surface area contributed by atoms with Crippen molar-refractivity contribution >= 4 is 35.4 Å². The fourth-order valence-corrected chi connectivity index (χ4v) is 2.72. The van der Waals surface area contributed by atoms with E-state index in [1.807, 2.05) is 0 Å².